The minimum absolute atomic E-state index is 0.517. The predicted molar refractivity (Wildman–Crippen MR) is 107 cm³/mol. The average molecular weight is 355 g/mol. The molecule has 1 saturated heterocycles. The van der Waals surface area contributed by atoms with E-state index in [0.29, 0.717) is 17.1 Å². The second-order valence-corrected chi connectivity index (χ2v) is 6.83. The normalized spacial score (nSPS) is 14.9. The van der Waals surface area contributed by atoms with E-state index >= 15 is 0 Å². The number of rotatable bonds is 8. The van der Waals surface area contributed by atoms with Crippen molar-refractivity contribution in [3.8, 4) is 17.2 Å². The first kappa shape index (κ1) is 18.4. The first-order chi connectivity index (χ1) is 12.7. The molecule has 5 nitrogen and oxygen atoms in total. The molecule has 26 heavy (non-hydrogen) atoms. The molecular formula is C21H29N3O2. The van der Waals surface area contributed by atoms with Gasteiger partial charge in [-0.25, -0.2) is 0 Å². The van der Waals surface area contributed by atoms with Gasteiger partial charge >= 0.3 is 0 Å². The van der Waals surface area contributed by atoms with E-state index in [1.165, 1.54) is 45.3 Å². The number of benzene rings is 2. The quantitative estimate of drug-likeness (QED) is 0.546. The van der Waals surface area contributed by atoms with Gasteiger partial charge in [-0.05, 0) is 69.6 Å². The van der Waals surface area contributed by atoms with Crippen molar-refractivity contribution in [1.82, 2.24) is 4.90 Å². The van der Waals surface area contributed by atoms with E-state index in [1.807, 2.05) is 24.3 Å². The van der Waals surface area contributed by atoms with Crippen LogP contribution in [0.4, 0.5) is 11.4 Å². The lowest BCUT2D eigenvalue weighted by Crippen LogP contribution is -2.30. The Morgan fingerprint density at radius 2 is 1.58 bits per heavy atom. The van der Waals surface area contributed by atoms with E-state index in [4.69, 9.17) is 20.9 Å². The molecule has 1 aliphatic heterocycles. The van der Waals surface area contributed by atoms with Crippen LogP contribution in [0.2, 0.25) is 0 Å². The third kappa shape index (κ3) is 5.56. The Kier molecular flexibility index (Phi) is 6.61. The van der Waals surface area contributed by atoms with Gasteiger partial charge in [-0.15, -0.1) is 0 Å². The van der Waals surface area contributed by atoms with Gasteiger partial charge in [0.15, 0.2) is 0 Å². The maximum absolute atomic E-state index is 5.87. The van der Waals surface area contributed by atoms with E-state index in [9.17, 15) is 0 Å². The number of anilines is 2. The highest BCUT2D eigenvalue weighted by Crippen LogP contribution is 2.28. The van der Waals surface area contributed by atoms with Crippen LogP contribution < -0.4 is 20.9 Å². The van der Waals surface area contributed by atoms with Crippen LogP contribution in [-0.4, -0.2) is 31.1 Å². The maximum atomic E-state index is 5.87. The summed E-state index contributed by atoms with van der Waals surface area (Å²) < 4.78 is 11.7. The second-order valence-electron chi connectivity index (χ2n) is 6.83. The summed E-state index contributed by atoms with van der Waals surface area (Å²) in [6, 6.07) is 13.0. The molecule has 0 unspecified atom stereocenters. The SMILES string of the molecule is Nc1ccc(Oc2cccc(OCCCCN3CCCCC3)c2)cc1N. The van der Waals surface area contributed by atoms with Crippen molar-refractivity contribution < 1.29 is 9.47 Å². The molecule has 5 heteroatoms. The van der Waals surface area contributed by atoms with Crippen molar-refractivity contribution >= 4 is 11.4 Å². The third-order valence-electron chi connectivity index (χ3n) is 4.69. The summed E-state index contributed by atoms with van der Waals surface area (Å²) in [6.07, 6.45) is 6.34. The Hall–Kier alpha value is -2.40. The highest BCUT2D eigenvalue weighted by molar-refractivity contribution is 5.65. The number of likely N-dealkylation sites (tertiary alicyclic amines) is 1. The molecule has 0 spiro atoms. The van der Waals surface area contributed by atoms with Crippen molar-refractivity contribution in [3.63, 3.8) is 0 Å². The van der Waals surface area contributed by atoms with E-state index in [2.05, 4.69) is 4.90 Å². The van der Waals surface area contributed by atoms with Crippen LogP contribution in [0.25, 0.3) is 0 Å². The molecule has 0 saturated carbocycles. The number of nitrogens with two attached hydrogens (primary N) is 2. The first-order valence-electron chi connectivity index (χ1n) is 9.49. The molecule has 1 aliphatic rings. The number of unbranched alkanes of at least 4 members (excludes halogenated alkanes) is 1. The van der Waals surface area contributed by atoms with Gasteiger partial charge < -0.3 is 25.8 Å². The molecule has 4 N–H and O–H groups in total. The molecule has 0 bridgehead atoms. The van der Waals surface area contributed by atoms with Crippen LogP contribution in [0.5, 0.6) is 17.2 Å². The molecule has 2 aromatic carbocycles. The highest BCUT2D eigenvalue weighted by Gasteiger charge is 2.09. The third-order valence-corrected chi connectivity index (χ3v) is 4.69. The van der Waals surface area contributed by atoms with E-state index < -0.39 is 0 Å². The fourth-order valence-electron chi connectivity index (χ4n) is 3.19. The van der Waals surface area contributed by atoms with Gasteiger partial charge in [-0.3, -0.25) is 0 Å². The second kappa shape index (κ2) is 9.34. The smallest absolute Gasteiger partial charge is 0.131 e. The zero-order chi connectivity index (χ0) is 18.2. The van der Waals surface area contributed by atoms with Gasteiger partial charge in [0, 0.05) is 12.1 Å². The molecule has 140 valence electrons. The van der Waals surface area contributed by atoms with Crippen molar-refractivity contribution in [2.75, 3.05) is 37.7 Å². The van der Waals surface area contributed by atoms with Gasteiger partial charge in [-0.2, -0.15) is 0 Å². The van der Waals surface area contributed by atoms with E-state index in [0.717, 1.165) is 24.5 Å². The van der Waals surface area contributed by atoms with Crippen LogP contribution >= 0.6 is 0 Å². The molecule has 0 aromatic heterocycles. The van der Waals surface area contributed by atoms with E-state index in [1.54, 1.807) is 18.2 Å². The Bertz CT molecular complexity index is 699. The van der Waals surface area contributed by atoms with Crippen molar-refractivity contribution in [1.29, 1.82) is 0 Å². The minimum atomic E-state index is 0.517. The van der Waals surface area contributed by atoms with Crippen LogP contribution in [0.15, 0.2) is 42.5 Å². The van der Waals surface area contributed by atoms with Crippen LogP contribution in [0.1, 0.15) is 32.1 Å². The lowest BCUT2D eigenvalue weighted by Gasteiger charge is -2.26. The molecule has 1 fully saturated rings. The van der Waals surface area contributed by atoms with Gasteiger partial charge in [0.2, 0.25) is 0 Å². The van der Waals surface area contributed by atoms with Crippen LogP contribution in [0, 0.1) is 0 Å². The first-order valence-corrected chi connectivity index (χ1v) is 9.49. The molecule has 3 rings (SSSR count). The van der Waals surface area contributed by atoms with Gasteiger partial charge in [-0.1, -0.05) is 12.5 Å². The van der Waals surface area contributed by atoms with Crippen molar-refractivity contribution in [2.24, 2.45) is 0 Å². The lowest BCUT2D eigenvalue weighted by atomic mass is 10.1. The summed E-state index contributed by atoms with van der Waals surface area (Å²) in [4.78, 5) is 2.57. The Morgan fingerprint density at radius 3 is 2.38 bits per heavy atom. The summed E-state index contributed by atoms with van der Waals surface area (Å²) >= 11 is 0. The number of hydrogen-bond donors (Lipinski definition) is 2. The summed E-state index contributed by atoms with van der Waals surface area (Å²) in [7, 11) is 0. The summed E-state index contributed by atoms with van der Waals surface area (Å²) in [5.41, 5.74) is 12.6. The predicted octanol–water partition coefficient (Wildman–Crippen LogP) is 4.29. The fraction of sp³-hybridized carbons (Fsp3) is 0.429. The van der Waals surface area contributed by atoms with Crippen LogP contribution in [0.3, 0.4) is 0 Å². The van der Waals surface area contributed by atoms with Gasteiger partial charge in [0.25, 0.3) is 0 Å². The zero-order valence-corrected chi connectivity index (χ0v) is 15.3. The standard InChI is InChI=1S/C21H29N3O2/c22-20-10-9-19(16-21(20)23)26-18-8-6-7-17(15-18)25-14-5-4-13-24-11-2-1-3-12-24/h6-10,15-16H,1-5,11-14,22-23H2. The van der Waals surface area contributed by atoms with Gasteiger partial charge in [0.1, 0.15) is 17.2 Å². The number of hydrogen-bond acceptors (Lipinski definition) is 5. The number of nitrogen functional groups attached to an aromatic ring is 2. The topological polar surface area (TPSA) is 73.7 Å². The summed E-state index contributed by atoms with van der Waals surface area (Å²) in [5, 5.41) is 0. The van der Waals surface area contributed by atoms with Crippen LogP contribution in [-0.2, 0) is 0 Å². The Balaban J connectivity index is 1.42. The molecule has 0 aliphatic carbocycles. The lowest BCUT2D eigenvalue weighted by molar-refractivity contribution is 0.216. The highest BCUT2D eigenvalue weighted by atomic mass is 16.5. The molecule has 0 amide bonds. The number of nitrogens with zero attached hydrogens (tertiary/aromatic N) is 1. The summed E-state index contributed by atoms with van der Waals surface area (Å²) in [5.74, 6) is 2.21. The molecule has 1 heterocycles. The largest absolute Gasteiger partial charge is 0.493 e. The van der Waals surface area contributed by atoms with Crippen molar-refractivity contribution in [2.45, 2.75) is 32.1 Å². The fourth-order valence-corrected chi connectivity index (χ4v) is 3.19. The Morgan fingerprint density at radius 1 is 0.808 bits per heavy atom. The number of ether oxygens (including phenoxy) is 2. The molecular weight excluding hydrogens is 326 g/mol. The minimum Gasteiger partial charge on any atom is -0.493 e. The molecule has 0 radical (unpaired) electrons. The Labute approximate surface area is 155 Å². The van der Waals surface area contributed by atoms with Crippen molar-refractivity contribution in [3.05, 3.63) is 42.5 Å². The van der Waals surface area contributed by atoms with Gasteiger partial charge in [0.05, 0.1) is 18.0 Å². The molecule has 0 atom stereocenters. The molecule has 2 aromatic rings. The maximum Gasteiger partial charge on any atom is 0.131 e. The monoisotopic (exact) mass is 355 g/mol. The summed E-state index contributed by atoms with van der Waals surface area (Å²) in [6.45, 7) is 4.43. The average Bonchev–Trinajstić information content (AvgIpc) is 2.66. The number of piperidine rings is 1. The van der Waals surface area contributed by atoms with E-state index in [-0.39, 0.29) is 0 Å². The zero-order valence-electron chi connectivity index (χ0n) is 15.3.